The average Bonchev–Trinajstić information content (AvgIpc) is 2.88. The molecule has 2 aromatic rings. The third-order valence-electron chi connectivity index (χ3n) is 6.15. The fraction of sp³-hybridized carbons (Fsp3) is 0.571. The standard InChI is InChI=1S/C26H40N4OS.C2H6/c1-5-28(6-2)18-19-31-25-12-10-24(11-13-25)27-32-26-9-7-8-23(20-26)21-29-14-16-30(17-15-29)22(3)4;1-2/h7-13,20,22,27H,5-6,14-19,21H2,1-4H3;1-2H3. The number of likely N-dealkylation sites (N-methyl/N-ethyl adjacent to an activating group) is 1. The Balaban J connectivity index is 0.00000199. The number of nitrogens with zero attached hydrogens (tertiary/aromatic N) is 3. The predicted molar refractivity (Wildman–Crippen MR) is 149 cm³/mol. The van der Waals surface area contributed by atoms with E-state index in [1.807, 2.05) is 26.0 Å². The van der Waals surface area contributed by atoms with Gasteiger partial charge in [0.15, 0.2) is 0 Å². The van der Waals surface area contributed by atoms with Crippen LogP contribution in [-0.2, 0) is 6.54 Å². The van der Waals surface area contributed by atoms with Gasteiger partial charge in [-0.3, -0.25) is 9.80 Å². The number of benzene rings is 2. The number of hydrogen-bond donors (Lipinski definition) is 1. The highest BCUT2D eigenvalue weighted by Gasteiger charge is 2.18. The van der Waals surface area contributed by atoms with Gasteiger partial charge in [-0.25, -0.2) is 0 Å². The van der Waals surface area contributed by atoms with Crippen LogP contribution in [0.3, 0.4) is 0 Å². The first-order valence-electron chi connectivity index (χ1n) is 13.0. The van der Waals surface area contributed by atoms with Gasteiger partial charge in [0.2, 0.25) is 0 Å². The van der Waals surface area contributed by atoms with E-state index < -0.39 is 0 Å². The van der Waals surface area contributed by atoms with Crippen LogP contribution in [0, 0.1) is 0 Å². The minimum atomic E-state index is 0.649. The van der Waals surface area contributed by atoms with E-state index in [1.165, 1.54) is 23.5 Å². The van der Waals surface area contributed by atoms with Crippen molar-refractivity contribution in [2.24, 2.45) is 0 Å². The highest BCUT2D eigenvalue weighted by atomic mass is 32.2. The summed E-state index contributed by atoms with van der Waals surface area (Å²) >= 11 is 1.66. The van der Waals surface area contributed by atoms with Crippen LogP contribution in [-0.4, -0.2) is 73.2 Å². The number of nitrogens with one attached hydrogen (secondary N) is 1. The lowest BCUT2D eigenvalue weighted by Gasteiger charge is -2.37. The molecule has 0 bridgehead atoms. The highest BCUT2D eigenvalue weighted by Crippen LogP contribution is 2.24. The second-order valence-electron chi connectivity index (χ2n) is 8.66. The molecule has 5 nitrogen and oxygen atoms in total. The zero-order valence-corrected chi connectivity index (χ0v) is 23.0. The van der Waals surface area contributed by atoms with Gasteiger partial charge in [0.1, 0.15) is 12.4 Å². The molecule has 2 aromatic carbocycles. The summed E-state index contributed by atoms with van der Waals surface area (Å²) in [6.45, 7) is 22.4. The first-order chi connectivity index (χ1) is 16.6. The van der Waals surface area contributed by atoms with E-state index in [0.717, 1.165) is 57.3 Å². The summed E-state index contributed by atoms with van der Waals surface area (Å²) in [7, 11) is 0. The maximum atomic E-state index is 5.88. The van der Waals surface area contributed by atoms with Crippen LogP contribution in [0.2, 0.25) is 0 Å². The summed E-state index contributed by atoms with van der Waals surface area (Å²) in [6, 6.07) is 17.8. The molecule has 0 radical (unpaired) electrons. The molecule has 6 heteroatoms. The Morgan fingerprint density at radius 3 is 2.26 bits per heavy atom. The lowest BCUT2D eigenvalue weighted by atomic mass is 10.2. The predicted octanol–water partition coefficient (Wildman–Crippen LogP) is 6.08. The molecule has 1 saturated heterocycles. The van der Waals surface area contributed by atoms with Crippen molar-refractivity contribution < 1.29 is 4.74 Å². The lowest BCUT2D eigenvalue weighted by molar-refractivity contribution is 0.104. The summed E-state index contributed by atoms with van der Waals surface area (Å²) in [5.74, 6) is 0.923. The van der Waals surface area contributed by atoms with Crippen LogP contribution < -0.4 is 9.46 Å². The Kier molecular flexibility index (Phi) is 13.4. The van der Waals surface area contributed by atoms with E-state index in [9.17, 15) is 0 Å². The number of piperazine rings is 1. The molecule has 34 heavy (non-hydrogen) atoms. The van der Waals surface area contributed by atoms with Gasteiger partial charge in [-0.2, -0.15) is 0 Å². The van der Waals surface area contributed by atoms with Crippen LogP contribution >= 0.6 is 11.9 Å². The van der Waals surface area contributed by atoms with Gasteiger partial charge in [-0.15, -0.1) is 0 Å². The van der Waals surface area contributed by atoms with Crippen LogP contribution in [0.15, 0.2) is 53.4 Å². The SMILES string of the molecule is CC.CCN(CC)CCOc1ccc(NSc2cccc(CN3CCN(C(C)C)CC3)c2)cc1. The van der Waals surface area contributed by atoms with E-state index >= 15 is 0 Å². The maximum absolute atomic E-state index is 5.88. The first kappa shape index (κ1) is 28.5. The van der Waals surface area contributed by atoms with Crippen molar-refractivity contribution in [2.75, 3.05) is 57.1 Å². The second kappa shape index (κ2) is 16.0. The fourth-order valence-corrected chi connectivity index (χ4v) is 4.70. The van der Waals surface area contributed by atoms with E-state index in [1.54, 1.807) is 11.9 Å². The maximum Gasteiger partial charge on any atom is 0.119 e. The fourth-order valence-electron chi connectivity index (χ4n) is 3.97. The van der Waals surface area contributed by atoms with Gasteiger partial charge in [0.05, 0.1) is 0 Å². The molecule has 0 aromatic heterocycles. The van der Waals surface area contributed by atoms with E-state index in [4.69, 9.17) is 4.74 Å². The Hall–Kier alpha value is -1.73. The van der Waals surface area contributed by atoms with E-state index in [-0.39, 0.29) is 0 Å². The van der Waals surface area contributed by atoms with Crippen LogP contribution in [0.5, 0.6) is 5.75 Å². The van der Waals surface area contributed by atoms with Gasteiger partial charge in [0.25, 0.3) is 0 Å². The van der Waals surface area contributed by atoms with Gasteiger partial charge in [-0.1, -0.05) is 39.8 Å². The third kappa shape index (κ3) is 9.87. The van der Waals surface area contributed by atoms with Crippen LogP contribution in [0.1, 0.15) is 47.1 Å². The normalized spacial score (nSPS) is 14.7. The molecule has 0 amide bonds. The van der Waals surface area contributed by atoms with Crippen molar-refractivity contribution in [1.82, 2.24) is 14.7 Å². The summed E-state index contributed by atoms with van der Waals surface area (Å²) in [5, 5.41) is 0. The zero-order valence-electron chi connectivity index (χ0n) is 22.2. The number of hydrogen-bond acceptors (Lipinski definition) is 6. The van der Waals surface area contributed by atoms with Crippen LogP contribution in [0.25, 0.3) is 0 Å². The van der Waals surface area contributed by atoms with Crippen LogP contribution in [0.4, 0.5) is 5.69 Å². The minimum Gasteiger partial charge on any atom is -0.492 e. The summed E-state index contributed by atoms with van der Waals surface area (Å²) in [6.07, 6.45) is 0. The van der Waals surface area contributed by atoms with Crippen molar-refractivity contribution in [3.8, 4) is 5.75 Å². The van der Waals surface area contributed by atoms with Crippen molar-refractivity contribution in [1.29, 1.82) is 0 Å². The number of rotatable bonds is 12. The van der Waals surface area contributed by atoms with Gasteiger partial charge < -0.3 is 14.4 Å². The summed E-state index contributed by atoms with van der Waals surface area (Å²) in [4.78, 5) is 8.73. The Labute approximate surface area is 213 Å². The average molecular weight is 487 g/mol. The van der Waals surface area contributed by atoms with Crippen molar-refractivity contribution in [3.63, 3.8) is 0 Å². The lowest BCUT2D eigenvalue weighted by Crippen LogP contribution is -2.48. The molecule has 0 saturated carbocycles. The summed E-state index contributed by atoms with van der Waals surface area (Å²) < 4.78 is 9.34. The molecule has 0 atom stereocenters. The van der Waals surface area contributed by atoms with E-state index in [2.05, 4.69) is 83.5 Å². The van der Waals surface area contributed by atoms with Gasteiger partial charge >= 0.3 is 0 Å². The molecule has 1 aliphatic rings. The molecule has 0 spiro atoms. The number of ether oxygens (including phenoxy) is 1. The largest absolute Gasteiger partial charge is 0.492 e. The molecule has 0 unspecified atom stereocenters. The molecular formula is C28H46N4OS. The second-order valence-corrected chi connectivity index (χ2v) is 9.54. The minimum absolute atomic E-state index is 0.649. The summed E-state index contributed by atoms with van der Waals surface area (Å²) in [5.41, 5.74) is 2.47. The zero-order chi connectivity index (χ0) is 24.8. The first-order valence-corrected chi connectivity index (χ1v) is 13.8. The smallest absolute Gasteiger partial charge is 0.119 e. The molecule has 3 rings (SSSR count). The quantitative estimate of drug-likeness (QED) is 0.366. The van der Waals surface area contributed by atoms with Crippen molar-refractivity contribution in [2.45, 2.75) is 59.0 Å². The molecular weight excluding hydrogens is 440 g/mol. The third-order valence-corrected chi connectivity index (χ3v) is 6.98. The molecule has 1 fully saturated rings. The molecule has 1 aliphatic heterocycles. The number of anilines is 1. The van der Waals surface area contributed by atoms with E-state index in [0.29, 0.717) is 6.04 Å². The van der Waals surface area contributed by atoms with Crippen molar-refractivity contribution >= 4 is 17.6 Å². The Morgan fingerprint density at radius 2 is 1.65 bits per heavy atom. The monoisotopic (exact) mass is 486 g/mol. The topological polar surface area (TPSA) is 31.0 Å². The Morgan fingerprint density at radius 1 is 0.971 bits per heavy atom. The highest BCUT2D eigenvalue weighted by molar-refractivity contribution is 8.00. The van der Waals surface area contributed by atoms with Gasteiger partial charge in [-0.05, 0) is 80.8 Å². The molecule has 1 heterocycles. The van der Waals surface area contributed by atoms with Crippen molar-refractivity contribution in [3.05, 3.63) is 54.1 Å². The molecule has 190 valence electrons. The molecule has 1 N–H and O–H groups in total. The molecule has 0 aliphatic carbocycles. The van der Waals surface area contributed by atoms with Gasteiger partial charge in [0, 0.05) is 55.9 Å². The Bertz CT molecular complexity index is 787.